The molecule has 28 heavy (non-hydrogen) atoms. The summed E-state index contributed by atoms with van der Waals surface area (Å²) in [5, 5.41) is 3.20. The van der Waals surface area contributed by atoms with Crippen LogP contribution in [0.25, 0.3) is 11.0 Å². The number of rotatable bonds is 4. The molecule has 3 rings (SSSR count). The first kappa shape index (κ1) is 20.4. The molecule has 1 aromatic carbocycles. The lowest BCUT2D eigenvalue weighted by Gasteiger charge is -2.35. The van der Waals surface area contributed by atoms with Crippen molar-refractivity contribution in [1.29, 1.82) is 0 Å². The van der Waals surface area contributed by atoms with Crippen LogP contribution < -0.4 is 5.32 Å². The normalized spacial score (nSPS) is 17.1. The quantitative estimate of drug-likeness (QED) is 0.844. The van der Waals surface area contributed by atoms with Gasteiger partial charge in [0.25, 0.3) is 0 Å². The van der Waals surface area contributed by atoms with Gasteiger partial charge >= 0.3 is 0 Å². The number of amides is 2. The zero-order chi connectivity index (χ0) is 20.5. The van der Waals surface area contributed by atoms with Crippen molar-refractivity contribution in [3.63, 3.8) is 0 Å². The summed E-state index contributed by atoms with van der Waals surface area (Å²) in [6, 6.07) is 7.74. The number of nitrogens with one attached hydrogen (secondary N) is 2. The van der Waals surface area contributed by atoms with Crippen LogP contribution in [0.4, 0.5) is 0 Å². The van der Waals surface area contributed by atoms with Crippen LogP contribution in [0.2, 0.25) is 0 Å². The maximum absolute atomic E-state index is 12.9. The van der Waals surface area contributed by atoms with Crippen LogP contribution in [-0.4, -0.2) is 39.8 Å². The van der Waals surface area contributed by atoms with Gasteiger partial charge in [-0.3, -0.25) is 9.59 Å². The minimum Gasteiger partial charge on any atom is -0.346 e. The van der Waals surface area contributed by atoms with Gasteiger partial charge in [-0.05, 0) is 30.9 Å². The van der Waals surface area contributed by atoms with Crippen LogP contribution in [0.1, 0.15) is 59.3 Å². The van der Waals surface area contributed by atoms with Crippen LogP contribution in [0, 0.1) is 17.3 Å². The fourth-order valence-electron chi connectivity index (χ4n) is 3.76. The number of carbonyl (C=O) groups is 2. The smallest absolute Gasteiger partial charge is 0.227 e. The highest BCUT2D eigenvalue weighted by Crippen LogP contribution is 2.26. The maximum Gasteiger partial charge on any atom is 0.227 e. The number of piperidine rings is 1. The highest BCUT2D eigenvalue weighted by molar-refractivity contribution is 5.83. The predicted molar refractivity (Wildman–Crippen MR) is 111 cm³/mol. The summed E-state index contributed by atoms with van der Waals surface area (Å²) in [6.45, 7) is 11.3. The number of nitrogens with zero attached hydrogens (tertiary/aromatic N) is 2. The summed E-state index contributed by atoms with van der Waals surface area (Å²) in [5.41, 5.74) is 1.51. The Morgan fingerprint density at radius 2 is 1.82 bits per heavy atom. The molecule has 1 aliphatic heterocycles. The van der Waals surface area contributed by atoms with Gasteiger partial charge in [0.05, 0.1) is 17.1 Å². The Morgan fingerprint density at radius 3 is 2.39 bits per heavy atom. The van der Waals surface area contributed by atoms with E-state index in [1.54, 1.807) is 0 Å². The number of hydrogen-bond donors (Lipinski definition) is 2. The minimum atomic E-state index is -0.376. The van der Waals surface area contributed by atoms with Crippen LogP contribution in [0.5, 0.6) is 0 Å². The molecule has 1 atom stereocenters. The van der Waals surface area contributed by atoms with E-state index in [4.69, 9.17) is 0 Å². The van der Waals surface area contributed by atoms with Gasteiger partial charge in [-0.15, -0.1) is 0 Å². The van der Waals surface area contributed by atoms with Gasteiger partial charge < -0.3 is 15.2 Å². The summed E-state index contributed by atoms with van der Waals surface area (Å²) in [4.78, 5) is 35.3. The minimum absolute atomic E-state index is 0.0574. The zero-order valence-corrected chi connectivity index (χ0v) is 17.6. The molecular formula is C22H32N4O2. The van der Waals surface area contributed by atoms with Gasteiger partial charge in [0, 0.05) is 24.4 Å². The van der Waals surface area contributed by atoms with Gasteiger partial charge in [0.15, 0.2) is 0 Å². The molecule has 0 radical (unpaired) electrons. The van der Waals surface area contributed by atoms with Crippen LogP contribution in [-0.2, 0) is 9.59 Å². The molecule has 2 amide bonds. The van der Waals surface area contributed by atoms with Gasteiger partial charge in [0.2, 0.25) is 11.8 Å². The molecule has 1 saturated heterocycles. The van der Waals surface area contributed by atoms with Gasteiger partial charge in [0.1, 0.15) is 5.82 Å². The Labute approximate surface area is 167 Å². The number of fused-ring (bicyclic) bond motifs is 1. The first-order valence-corrected chi connectivity index (χ1v) is 10.2. The van der Waals surface area contributed by atoms with Crippen molar-refractivity contribution in [1.82, 2.24) is 20.2 Å². The van der Waals surface area contributed by atoms with Crippen molar-refractivity contribution in [3.05, 3.63) is 30.1 Å². The van der Waals surface area contributed by atoms with E-state index in [0.717, 1.165) is 16.9 Å². The number of aromatic amines is 1. The van der Waals surface area contributed by atoms with Crippen LogP contribution in [0.3, 0.4) is 0 Å². The number of aromatic nitrogens is 2. The summed E-state index contributed by atoms with van der Waals surface area (Å²) in [6.07, 6.45) is 1.41. The topological polar surface area (TPSA) is 78.1 Å². The molecular weight excluding hydrogens is 352 g/mol. The van der Waals surface area contributed by atoms with E-state index in [2.05, 4.69) is 29.1 Å². The SMILES string of the molecule is CC(C)[C@H](NC(=O)C1CCN(C(=O)C(C)(C)C)CC1)c1nc2ccccc2[nH]1. The second-order valence-corrected chi connectivity index (χ2v) is 9.19. The second kappa shape index (κ2) is 7.94. The molecule has 152 valence electrons. The van der Waals surface area contributed by atoms with E-state index >= 15 is 0 Å². The first-order valence-electron chi connectivity index (χ1n) is 10.2. The number of hydrogen-bond acceptors (Lipinski definition) is 3. The Morgan fingerprint density at radius 1 is 1.18 bits per heavy atom. The predicted octanol–water partition coefficient (Wildman–Crippen LogP) is 3.66. The van der Waals surface area contributed by atoms with E-state index in [1.165, 1.54) is 0 Å². The summed E-state index contributed by atoms with van der Waals surface area (Å²) in [5.74, 6) is 1.17. The fraction of sp³-hybridized carbons (Fsp3) is 0.591. The van der Waals surface area contributed by atoms with Crippen molar-refractivity contribution >= 4 is 22.8 Å². The monoisotopic (exact) mass is 384 g/mol. The van der Waals surface area contributed by atoms with Crippen molar-refractivity contribution < 1.29 is 9.59 Å². The van der Waals surface area contributed by atoms with E-state index < -0.39 is 0 Å². The Hall–Kier alpha value is -2.37. The molecule has 6 nitrogen and oxygen atoms in total. The van der Waals surface area contributed by atoms with Crippen LogP contribution >= 0.6 is 0 Å². The molecule has 1 aromatic heterocycles. The van der Waals surface area contributed by atoms with Crippen molar-refractivity contribution in [2.24, 2.45) is 17.3 Å². The van der Waals surface area contributed by atoms with Crippen molar-refractivity contribution in [2.45, 2.75) is 53.5 Å². The standard InChI is InChI=1S/C22H32N4O2/c1-14(2)18(19-23-16-8-6-7-9-17(16)24-19)25-20(27)15-10-12-26(13-11-15)21(28)22(3,4)5/h6-9,14-15,18H,10-13H2,1-5H3,(H,23,24)(H,25,27)/t18-/m0/s1. The molecule has 1 aliphatic rings. The molecule has 0 unspecified atom stereocenters. The Kier molecular flexibility index (Phi) is 5.77. The number of carbonyl (C=O) groups excluding carboxylic acids is 2. The summed E-state index contributed by atoms with van der Waals surface area (Å²) in [7, 11) is 0. The summed E-state index contributed by atoms with van der Waals surface area (Å²) >= 11 is 0. The maximum atomic E-state index is 12.9. The lowest BCUT2D eigenvalue weighted by molar-refractivity contribution is -0.142. The van der Waals surface area contributed by atoms with E-state index in [0.29, 0.717) is 25.9 Å². The molecule has 2 N–H and O–H groups in total. The molecule has 0 bridgehead atoms. The third-order valence-corrected chi connectivity index (χ3v) is 5.46. The lowest BCUT2D eigenvalue weighted by atomic mass is 9.90. The fourth-order valence-corrected chi connectivity index (χ4v) is 3.76. The van der Waals surface area contributed by atoms with Crippen molar-refractivity contribution in [3.8, 4) is 0 Å². The molecule has 0 aliphatic carbocycles. The highest BCUT2D eigenvalue weighted by atomic mass is 16.2. The van der Waals surface area contributed by atoms with Gasteiger partial charge in [-0.1, -0.05) is 46.8 Å². The first-order chi connectivity index (χ1) is 13.2. The third kappa shape index (κ3) is 4.37. The van der Waals surface area contributed by atoms with Crippen LogP contribution in [0.15, 0.2) is 24.3 Å². The number of imidazole rings is 1. The Bertz CT molecular complexity index is 809. The summed E-state index contributed by atoms with van der Waals surface area (Å²) < 4.78 is 0. The lowest BCUT2D eigenvalue weighted by Crippen LogP contribution is -2.47. The average Bonchev–Trinajstić information content (AvgIpc) is 3.08. The average molecular weight is 385 g/mol. The molecule has 6 heteroatoms. The van der Waals surface area contributed by atoms with E-state index in [9.17, 15) is 9.59 Å². The largest absolute Gasteiger partial charge is 0.346 e. The zero-order valence-electron chi connectivity index (χ0n) is 17.6. The Balaban J connectivity index is 1.65. The van der Waals surface area contributed by atoms with Crippen molar-refractivity contribution in [2.75, 3.05) is 13.1 Å². The molecule has 0 saturated carbocycles. The number of para-hydroxylation sites is 2. The second-order valence-electron chi connectivity index (χ2n) is 9.19. The van der Waals surface area contributed by atoms with E-state index in [-0.39, 0.29) is 35.1 Å². The van der Waals surface area contributed by atoms with Gasteiger partial charge in [-0.25, -0.2) is 4.98 Å². The van der Waals surface area contributed by atoms with E-state index in [1.807, 2.05) is 49.9 Å². The highest BCUT2D eigenvalue weighted by Gasteiger charge is 2.33. The molecule has 0 spiro atoms. The molecule has 1 fully saturated rings. The number of benzene rings is 1. The van der Waals surface area contributed by atoms with Gasteiger partial charge in [-0.2, -0.15) is 0 Å². The molecule has 2 aromatic rings. The number of likely N-dealkylation sites (tertiary alicyclic amines) is 1. The number of H-pyrrole nitrogens is 1. The molecule has 2 heterocycles. The third-order valence-electron chi connectivity index (χ3n) is 5.46.